The van der Waals surface area contributed by atoms with Crippen molar-refractivity contribution in [2.24, 2.45) is 0 Å². The van der Waals surface area contributed by atoms with Gasteiger partial charge in [-0.25, -0.2) is 0 Å². The molecule has 1 amide bonds. The minimum absolute atomic E-state index is 0.0539. The lowest BCUT2D eigenvalue weighted by Crippen LogP contribution is -2.15. The highest BCUT2D eigenvalue weighted by molar-refractivity contribution is 8.00. The molecule has 122 valence electrons. The Morgan fingerprint density at radius 2 is 1.96 bits per heavy atom. The van der Waals surface area contributed by atoms with Gasteiger partial charge in [-0.1, -0.05) is 55.2 Å². The molecule has 0 aromatic heterocycles. The van der Waals surface area contributed by atoms with Gasteiger partial charge in [-0.2, -0.15) is 0 Å². The quantitative estimate of drug-likeness (QED) is 0.612. The molecule has 0 heterocycles. The molecule has 23 heavy (non-hydrogen) atoms. The number of hydrogen-bond acceptors (Lipinski definition) is 2. The highest BCUT2D eigenvalue weighted by Crippen LogP contribution is 2.30. The van der Waals surface area contributed by atoms with Crippen LogP contribution in [-0.4, -0.2) is 11.7 Å². The first-order chi connectivity index (χ1) is 11.0. The van der Waals surface area contributed by atoms with Crippen LogP contribution in [0.1, 0.15) is 31.7 Å². The van der Waals surface area contributed by atoms with Crippen molar-refractivity contribution < 1.29 is 4.79 Å². The molecule has 0 aliphatic rings. The van der Waals surface area contributed by atoms with Crippen molar-refractivity contribution in [3.63, 3.8) is 0 Å². The van der Waals surface area contributed by atoms with Gasteiger partial charge in [-0.15, -0.1) is 11.8 Å². The predicted molar refractivity (Wildman–Crippen MR) is 101 cm³/mol. The number of anilines is 1. The molecule has 0 fully saturated rings. The van der Waals surface area contributed by atoms with E-state index in [4.69, 9.17) is 23.2 Å². The molecule has 1 N–H and O–H groups in total. The normalized spacial score (nSPS) is 12.0. The van der Waals surface area contributed by atoms with E-state index in [1.165, 1.54) is 11.8 Å². The van der Waals surface area contributed by atoms with Gasteiger partial charge < -0.3 is 5.32 Å². The van der Waals surface area contributed by atoms with E-state index < -0.39 is 0 Å². The van der Waals surface area contributed by atoms with Crippen LogP contribution < -0.4 is 5.32 Å². The number of benzene rings is 2. The molecule has 5 heteroatoms. The van der Waals surface area contributed by atoms with E-state index in [1.807, 2.05) is 18.2 Å². The fraction of sp³-hybridized carbons (Fsp3) is 0.278. The van der Waals surface area contributed by atoms with E-state index in [0.717, 1.165) is 22.6 Å². The standard InChI is InChI=1S/C18H19Cl2NOS/c1-3-12(2)14-6-4-5-7-16(14)21-18(22)11-23-17-10-13(19)8-9-15(17)20/h4-10,12H,3,11H2,1-2H3,(H,21,22)/t12-/m0/s1. The Balaban J connectivity index is 2.02. The Hall–Kier alpha value is -1.16. The summed E-state index contributed by atoms with van der Waals surface area (Å²) in [6.45, 7) is 4.30. The van der Waals surface area contributed by atoms with Gasteiger partial charge in [0.2, 0.25) is 5.91 Å². The molecule has 0 spiro atoms. The van der Waals surface area contributed by atoms with E-state index in [9.17, 15) is 4.79 Å². The van der Waals surface area contributed by atoms with Crippen molar-refractivity contribution in [3.8, 4) is 0 Å². The lowest BCUT2D eigenvalue weighted by Gasteiger charge is -2.15. The van der Waals surface area contributed by atoms with Crippen LogP contribution in [0.25, 0.3) is 0 Å². The summed E-state index contributed by atoms with van der Waals surface area (Å²) in [6.07, 6.45) is 1.03. The zero-order valence-electron chi connectivity index (χ0n) is 13.1. The smallest absolute Gasteiger partial charge is 0.234 e. The Labute approximate surface area is 151 Å². The van der Waals surface area contributed by atoms with E-state index in [1.54, 1.807) is 18.2 Å². The molecule has 0 unspecified atom stereocenters. The molecule has 2 nitrogen and oxygen atoms in total. The van der Waals surface area contributed by atoms with Gasteiger partial charge in [0.1, 0.15) is 0 Å². The van der Waals surface area contributed by atoms with Crippen LogP contribution in [-0.2, 0) is 4.79 Å². The van der Waals surface area contributed by atoms with Gasteiger partial charge in [0, 0.05) is 15.6 Å². The van der Waals surface area contributed by atoms with E-state index in [0.29, 0.717) is 16.0 Å². The number of carbonyl (C=O) groups is 1. The Morgan fingerprint density at radius 3 is 2.70 bits per heavy atom. The number of carbonyl (C=O) groups excluding carboxylic acids is 1. The number of amides is 1. The summed E-state index contributed by atoms with van der Waals surface area (Å²) in [5, 5.41) is 4.21. The largest absolute Gasteiger partial charge is 0.325 e. The first kappa shape index (κ1) is 18.2. The van der Waals surface area contributed by atoms with Crippen molar-refractivity contribution in [3.05, 3.63) is 58.1 Å². The first-order valence-electron chi connectivity index (χ1n) is 7.48. The van der Waals surface area contributed by atoms with Crippen LogP contribution in [0.4, 0.5) is 5.69 Å². The van der Waals surface area contributed by atoms with Crippen LogP contribution in [0.5, 0.6) is 0 Å². The summed E-state index contributed by atoms with van der Waals surface area (Å²) < 4.78 is 0. The molecule has 0 saturated carbocycles. The molecule has 2 aromatic rings. The van der Waals surface area contributed by atoms with Gasteiger partial charge >= 0.3 is 0 Å². The van der Waals surface area contributed by atoms with E-state index >= 15 is 0 Å². The lowest BCUT2D eigenvalue weighted by molar-refractivity contribution is -0.113. The topological polar surface area (TPSA) is 29.1 Å². The molecule has 2 aromatic carbocycles. The SMILES string of the molecule is CC[C@H](C)c1ccccc1NC(=O)CSc1cc(Cl)ccc1Cl. The first-order valence-corrected chi connectivity index (χ1v) is 9.22. The van der Waals surface area contributed by atoms with Crippen LogP contribution >= 0.6 is 35.0 Å². The highest BCUT2D eigenvalue weighted by Gasteiger charge is 2.12. The third-order valence-electron chi connectivity index (χ3n) is 3.63. The van der Waals surface area contributed by atoms with Crippen molar-refractivity contribution in [1.82, 2.24) is 0 Å². The third kappa shape index (κ3) is 5.17. The monoisotopic (exact) mass is 367 g/mol. The molecule has 0 radical (unpaired) electrons. The number of thioether (sulfide) groups is 1. The molecule has 2 rings (SSSR count). The molecule has 0 aliphatic heterocycles. The van der Waals surface area contributed by atoms with Gasteiger partial charge in [0.25, 0.3) is 0 Å². The van der Waals surface area contributed by atoms with Crippen LogP contribution in [0.2, 0.25) is 10.0 Å². The summed E-state index contributed by atoms with van der Waals surface area (Å²) in [4.78, 5) is 13.0. The molecule has 1 atom stereocenters. The van der Waals surface area contributed by atoms with Gasteiger partial charge in [0.15, 0.2) is 0 Å². The lowest BCUT2D eigenvalue weighted by atomic mass is 9.97. The van der Waals surface area contributed by atoms with Crippen molar-refractivity contribution in [2.75, 3.05) is 11.1 Å². The number of hydrogen-bond donors (Lipinski definition) is 1. The van der Waals surface area contributed by atoms with E-state index in [-0.39, 0.29) is 11.7 Å². The van der Waals surface area contributed by atoms with Gasteiger partial charge in [-0.05, 0) is 42.2 Å². The second-order valence-corrected chi connectivity index (χ2v) is 7.17. The minimum atomic E-state index is -0.0539. The second kappa shape index (κ2) is 8.62. The van der Waals surface area contributed by atoms with Crippen molar-refractivity contribution in [1.29, 1.82) is 0 Å². The van der Waals surface area contributed by atoms with Crippen LogP contribution in [0, 0.1) is 0 Å². The molecule has 0 bridgehead atoms. The van der Waals surface area contributed by atoms with Crippen molar-refractivity contribution in [2.45, 2.75) is 31.1 Å². The Morgan fingerprint density at radius 1 is 1.22 bits per heavy atom. The summed E-state index contributed by atoms with van der Waals surface area (Å²) in [5.74, 6) is 0.637. The second-order valence-electron chi connectivity index (χ2n) is 5.31. The van der Waals surface area contributed by atoms with E-state index in [2.05, 4.69) is 25.2 Å². The number of rotatable bonds is 6. The maximum atomic E-state index is 12.2. The summed E-state index contributed by atoms with van der Waals surface area (Å²) >= 11 is 13.5. The van der Waals surface area contributed by atoms with Crippen LogP contribution in [0.15, 0.2) is 47.4 Å². The number of para-hydroxylation sites is 1. The number of halogens is 2. The summed E-state index contributed by atoms with van der Waals surface area (Å²) in [5.41, 5.74) is 2.04. The summed E-state index contributed by atoms with van der Waals surface area (Å²) in [6, 6.07) is 13.2. The average molecular weight is 368 g/mol. The Kier molecular flexibility index (Phi) is 6.82. The fourth-order valence-corrected chi connectivity index (χ4v) is 3.47. The Bertz CT molecular complexity index is 690. The predicted octanol–water partition coefficient (Wildman–Crippen LogP) is 6.24. The highest BCUT2D eigenvalue weighted by atomic mass is 35.5. The maximum Gasteiger partial charge on any atom is 0.234 e. The molecular weight excluding hydrogens is 349 g/mol. The average Bonchev–Trinajstić information content (AvgIpc) is 2.55. The van der Waals surface area contributed by atoms with Gasteiger partial charge in [-0.3, -0.25) is 4.79 Å². The zero-order valence-corrected chi connectivity index (χ0v) is 15.4. The molecular formula is C18H19Cl2NOS. The number of nitrogens with one attached hydrogen (secondary N) is 1. The van der Waals surface area contributed by atoms with Gasteiger partial charge in [0.05, 0.1) is 10.8 Å². The van der Waals surface area contributed by atoms with Crippen LogP contribution in [0.3, 0.4) is 0 Å². The zero-order chi connectivity index (χ0) is 16.8. The maximum absolute atomic E-state index is 12.2. The molecule has 0 aliphatic carbocycles. The van der Waals surface area contributed by atoms with Crippen molar-refractivity contribution >= 4 is 46.6 Å². The summed E-state index contributed by atoms with van der Waals surface area (Å²) in [7, 11) is 0. The third-order valence-corrected chi connectivity index (χ3v) is 5.36. The molecule has 0 saturated heterocycles. The minimum Gasteiger partial charge on any atom is -0.325 e. The fourth-order valence-electron chi connectivity index (χ4n) is 2.18.